The average molecular weight is 320 g/mol. The molecule has 0 saturated carbocycles. The molecule has 0 bridgehead atoms. The van der Waals surface area contributed by atoms with Crippen molar-refractivity contribution in [2.24, 2.45) is 5.41 Å². The minimum absolute atomic E-state index is 0.138. The fourth-order valence-electron chi connectivity index (χ4n) is 1.79. The molecule has 0 aliphatic carbocycles. The van der Waals surface area contributed by atoms with Crippen LogP contribution in [0.15, 0.2) is 24.3 Å². The predicted octanol–water partition coefficient (Wildman–Crippen LogP) is 2.39. The van der Waals surface area contributed by atoms with Crippen LogP contribution in [0.25, 0.3) is 0 Å². The molecule has 0 radical (unpaired) electrons. The summed E-state index contributed by atoms with van der Waals surface area (Å²) in [7, 11) is 0. The molecular formula is C18H28N2O3. The first kappa shape index (κ1) is 19.2. The fourth-order valence-corrected chi connectivity index (χ4v) is 1.79. The molecule has 0 spiro atoms. The van der Waals surface area contributed by atoms with Crippen molar-refractivity contribution in [2.75, 3.05) is 6.61 Å². The molecule has 0 heterocycles. The SMILES string of the molecule is CCOCc1ccc(CNC(=O)C(C)NC(=O)C(C)(C)C)cc1. The van der Waals surface area contributed by atoms with Crippen molar-refractivity contribution in [1.82, 2.24) is 10.6 Å². The lowest BCUT2D eigenvalue weighted by Gasteiger charge is -2.21. The molecule has 0 saturated heterocycles. The largest absolute Gasteiger partial charge is 0.377 e. The maximum atomic E-state index is 12.0. The van der Waals surface area contributed by atoms with E-state index in [0.29, 0.717) is 19.8 Å². The van der Waals surface area contributed by atoms with Gasteiger partial charge < -0.3 is 15.4 Å². The highest BCUT2D eigenvalue weighted by Gasteiger charge is 2.24. The smallest absolute Gasteiger partial charge is 0.242 e. The Bertz CT molecular complexity index is 518. The molecule has 2 amide bonds. The number of carbonyl (C=O) groups excluding carboxylic acids is 2. The zero-order chi connectivity index (χ0) is 17.5. The van der Waals surface area contributed by atoms with E-state index in [-0.39, 0.29) is 11.8 Å². The van der Waals surface area contributed by atoms with E-state index in [4.69, 9.17) is 4.74 Å². The molecule has 23 heavy (non-hydrogen) atoms. The molecule has 128 valence electrons. The Labute approximate surface area is 138 Å². The van der Waals surface area contributed by atoms with Crippen molar-refractivity contribution >= 4 is 11.8 Å². The van der Waals surface area contributed by atoms with Crippen molar-refractivity contribution in [3.8, 4) is 0 Å². The lowest BCUT2D eigenvalue weighted by molar-refractivity contribution is -0.133. The first-order valence-corrected chi connectivity index (χ1v) is 7.98. The van der Waals surface area contributed by atoms with Crippen LogP contribution < -0.4 is 10.6 Å². The number of nitrogens with one attached hydrogen (secondary N) is 2. The minimum Gasteiger partial charge on any atom is -0.377 e. The monoisotopic (exact) mass is 320 g/mol. The summed E-state index contributed by atoms with van der Waals surface area (Å²) in [5, 5.41) is 5.55. The lowest BCUT2D eigenvalue weighted by atomic mass is 9.95. The Morgan fingerprint density at radius 3 is 2.22 bits per heavy atom. The van der Waals surface area contributed by atoms with E-state index in [1.54, 1.807) is 6.92 Å². The molecule has 1 aromatic carbocycles. The van der Waals surface area contributed by atoms with Gasteiger partial charge in [0.15, 0.2) is 0 Å². The molecule has 1 unspecified atom stereocenters. The van der Waals surface area contributed by atoms with E-state index in [1.807, 2.05) is 52.0 Å². The van der Waals surface area contributed by atoms with Crippen LogP contribution in [-0.4, -0.2) is 24.5 Å². The van der Waals surface area contributed by atoms with Crippen LogP contribution >= 0.6 is 0 Å². The van der Waals surface area contributed by atoms with Gasteiger partial charge in [-0.1, -0.05) is 45.0 Å². The molecule has 5 heteroatoms. The second kappa shape index (κ2) is 8.67. The third kappa shape index (κ3) is 6.82. The maximum Gasteiger partial charge on any atom is 0.242 e. The van der Waals surface area contributed by atoms with E-state index in [2.05, 4.69) is 10.6 Å². The quantitative estimate of drug-likeness (QED) is 0.810. The van der Waals surface area contributed by atoms with Gasteiger partial charge in [0.1, 0.15) is 6.04 Å². The van der Waals surface area contributed by atoms with Gasteiger partial charge in [0.05, 0.1) is 6.61 Å². The molecule has 5 nitrogen and oxygen atoms in total. The summed E-state index contributed by atoms with van der Waals surface area (Å²) in [6, 6.07) is 7.35. The summed E-state index contributed by atoms with van der Waals surface area (Å²) in [6.45, 7) is 10.8. The summed E-state index contributed by atoms with van der Waals surface area (Å²) >= 11 is 0. The molecule has 2 N–H and O–H groups in total. The zero-order valence-electron chi connectivity index (χ0n) is 14.7. The lowest BCUT2D eigenvalue weighted by Crippen LogP contribution is -2.48. The van der Waals surface area contributed by atoms with Crippen molar-refractivity contribution in [2.45, 2.75) is 53.8 Å². The number of carbonyl (C=O) groups is 2. The first-order chi connectivity index (χ1) is 10.7. The Balaban J connectivity index is 2.44. The van der Waals surface area contributed by atoms with E-state index in [0.717, 1.165) is 11.1 Å². The number of amides is 2. The maximum absolute atomic E-state index is 12.0. The fraction of sp³-hybridized carbons (Fsp3) is 0.556. The van der Waals surface area contributed by atoms with Crippen LogP contribution in [0.3, 0.4) is 0 Å². The van der Waals surface area contributed by atoms with Crippen LogP contribution in [0.1, 0.15) is 45.7 Å². The highest BCUT2D eigenvalue weighted by atomic mass is 16.5. The normalized spacial score (nSPS) is 12.6. The average Bonchev–Trinajstić information content (AvgIpc) is 2.50. The topological polar surface area (TPSA) is 67.4 Å². The van der Waals surface area contributed by atoms with Gasteiger partial charge in [0, 0.05) is 18.6 Å². The van der Waals surface area contributed by atoms with Crippen LogP contribution in [0.2, 0.25) is 0 Å². The van der Waals surface area contributed by atoms with Gasteiger partial charge >= 0.3 is 0 Å². The number of hydrogen-bond acceptors (Lipinski definition) is 3. The molecule has 0 aromatic heterocycles. The minimum atomic E-state index is -0.557. The van der Waals surface area contributed by atoms with Crippen molar-refractivity contribution in [1.29, 1.82) is 0 Å². The number of rotatable bonds is 7. The van der Waals surface area contributed by atoms with Gasteiger partial charge in [-0.25, -0.2) is 0 Å². The van der Waals surface area contributed by atoms with E-state index >= 15 is 0 Å². The third-order valence-corrected chi connectivity index (χ3v) is 3.38. The van der Waals surface area contributed by atoms with Crippen LogP contribution in [0, 0.1) is 5.41 Å². The Hall–Kier alpha value is -1.88. The Morgan fingerprint density at radius 2 is 1.70 bits per heavy atom. The number of benzene rings is 1. The van der Waals surface area contributed by atoms with Crippen LogP contribution in [-0.2, 0) is 27.5 Å². The molecule has 0 fully saturated rings. The Kier molecular flexibility index (Phi) is 7.23. The molecule has 0 aliphatic heterocycles. The van der Waals surface area contributed by atoms with E-state index < -0.39 is 11.5 Å². The highest BCUT2D eigenvalue weighted by Crippen LogP contribution is 2.12. The van der Waals surface area contributed by atoms with E-state index in [9.17, 15) is 9.59 Å². The summed E-state index contributed by atoms with van der Waals surface area (Å²) in [5.74, 6) is -0.332. The van der Waals surface area contributed by atoms with Gasteiger partial charge in [-0.15, -0.1) is 0 Å². The van der Waals surface area contributed by atoms with Crippen LogP contribution in [0.5, 0.6) is 0 Å². The van der Waals surface area contributed by atoms with Crippen LogP contribution in [0.4, 0.5) is 0 Å². The second-order valence-electron chi connectivity index (χ2n) is 6.62. The summed E-state index contributed by atoms with van der Waals surface area (Å²) in [6.07, 6.45) is 0. The molecule has 1 aromatic rings. The van der Waals surface area contributed by atoms with Crippen molar-refractivity contribution in [3.05, 3.63) is 35.4 Å². The summed E-state index contributed by atoms with van der Waals surface area (Å²) in [5.41, 5.74) is 1.60. The molecule has 1 atom stereocenters. The molecule has 0 aliphatic rings. The zero-order valence-corrected chi connectivity index (χ0v) is 14.7. The highest BCUT2D eigenvalue weighted by molar-refractivity contribution is 5.89. The number of ether oxygens (including phenoxy) is 1. The van der Waals surface area contributed by atoms with Gasteiger partial charge in [-0.3, -0.25) is 9.59 Å². The summed E-state index contributed by atoms with van der Waals surface area (Å²) < 4.78 is 5.34. The van der Waals surface area contributed by atoms with Crippen molar-refractivity contribution in [3.63, 3.8) is 0 Å². The van der Waals surface area contributed by atoms with Gasteiger partial charge in [-0.2, -0.15) is 0 Å². The Morgan fingerprint density at radius 1 is 1.13 bits per heavy atom. The number of hydrogen-bond donors (Lipinski definition) is 2. The first-order valence-electron chi connectivity index (χ1n) is 7.98. The molecule has 1 rings (SSSR count). The third-order valence-electron chi connectivity index (χ3n) is 3.38. The summed E-state index contributed by atoms with van der Waals surface area (Å²) in [4.78, 5) is 23.9. The van der Waals surface area contributed by atoms with Gasteiger partial charge in [-0.05, 0) is 25.0 Å². The second-order valence-corrected chi connectivity index (χ2v) is 6.62. The predicted molar refractivity (Wildman–Crippen MR) is 90.7 cm³/mol. The van der Waals surface area contributed by atoms with E-state index in [1.165, 1.54) is 0 Å². The van der Waals surface area contributed by atoms with Gasteiger partial charge in [0.2, 0.25) is 11.8 Å². The standard InChI is InChI=1S/C18H28N2O3/c1-6-23-12-15-9-7-14(8-10-15)11-19-16(21)13(2)20-17(22)18(3,4)5/h7-10,13H,6,11-12H2,1-5H3,(H,19,21)(H,20,22). The van der Waals surface area contributed by atoms with Crippen molar-refractivity contribution < 1.29 is 14.3 Å². The molecular weight excluding hydrogens is 292 g/mol. The van der Waals surface area contributed by atoms with Gasteiger partial charge in [0.25, 0.3) is 0 Å².